The molecule has 1 unspecified atom stereocenters. The van der Waals surface area contributed by atoms with Crippen LogP contribution in [-0.2, 0) is 4.79 Å². The van der Waals surface area contributed by atoms with Gasteiger partial charge in [0.2, 0.25) is 0 Å². The molecular formula is C12H21NO. The molecule has 0 aliphatic heterocycles. The minimum Gasteiger partial charge on any atom is -0.300 e. The third-order valence-electron chi connectivity index (χ3n) is 2.26. The number of carbonyl (C=O) groups is 1. The predicted molar refractivity (Wildman–Crippen MR) is 61.3 cm³/mol. The van der Waals surface area contributed by atoms with Crippen molar-refractivity contribution in [1.29, 1.82) is 0 Å². The molecule has 0 radical (unpaired) electrons. The van der Waals surface area contributed by atoms with E-state index in [1.54, 1.807) is 13.0 Å². The van der Waals surface area contributed by atoms with Crippen LogP contribution in [0.25, 0.3) is 0 Å². The zero-order chi connectivity index (χ0) is 11.0. The van der Waals surface area contributed by atoms with Crippen molar-refractivity contribution in [2.75, 3.05) is 13.1 Å². The summed E-state index contributed by atoms with van der Waals surface area (Å²) in [5.74, 6) is 0.253. The molecule has 0 amide bonds. The van der Waals surface area contributed by atoms with Crippen molar-refractivity contribution in [3.63, 3.8) is 0 Å². The zero-order valence-electron chi connectivity index (χ0n) is 9.49. The average Bonchev–Trinajstić information content (AvgIpc) is 2.15. The standard InChI is InChI=1S/C12H21NO/c1-5-7-8-11(3)13(6-2)10-9-12(4)14/h5,7-8,11H,1,6,9-10H2,2-4H3/b8-7-. The predicted octanol–water partition coefficient (Wildman–Crippen LogP) is 2.42. The van der Waals surface area contributed by atoms with Crippen LogP contribution in [0, 0.1) is 0 Å². The number of allylic oxidation sites excluding steroid dienone is 2. The summed E-state index contributed by atoms with van der Waals surface area (Å²) in [7, 11) is 0. The van der Waals surface area contributed by atoms with Crippen molar-refractivity contribution in [3.8, 4) is 0 Å². The number of hydrogen-bond acceptors (Lipinski definition) is 2. The van der Waals surface area contributed by atoms with Crippen LogP contribution < -0.4 is 0 Å². The number of Topliss-reactive ketones (excluding diaryl/α,β-unsaturated/α-hetero) is 1. The summed E-state index contributed by atoms with van der Waals surface area (Å²) in [4.78, 5) is 13.1. The highest BCUT2D eigenvalue weighted by atomic mass is 16.1. The van der Waals surface area contributed by atoms with Crippen molar-refractivity contribution in [3.05, 3.63) is 24.8 Å². The Morgan fingerprint density at radius 2 is 2.21 bits per heavy atom. The van der Waals surface area contributed by atoms with Crippen LogP contribution in [0.2, 0.25) is 0 Å². The molecule has 2 heteroatoms. The van der Waals surface area contributed by atoms with Crippen LogP contribution in [0.4, 0.5) is 0 Å². The normalized spacial score (nSPS) is 13.4. The fourth-order valence-electron chi connectivity index (χ4n) is 1.31. The highest BCUT2D eigenvalue weighted by Gasteiger charge is 2.08. The van der Waals surface area contributed by atoms with Crippen molar-refractivity contribution in [2.24, 2.45) is 0 Å². The SMILES string of the molecule is C=C/C=C\C(C)N(CC)CCC(C)=O. The molecule has 1 atom stereocenters. The smallest absolute Gasteiger partial charge is 0.131 e. The molecule has 0 aromatic rings. The lowest BCUT2D eigenvalue weighted by atomic mass is 10.2. The highest BCUT2D eigenvalue weighted by Crippen LogP contribution is 2.02. The van der Waals surface area contributed by atoms with Crippen LogP contribution in [0.15, 0.2) is 24.8 Å². The topological polar surface area (TPSA) is 20.3 Å². The van der Waals surface area contributed by atoms with Crippen LogP contribution >= 0.6 is 0 Å². The monoisotopic (exact) mass is 195 g/mol. The number of rotatable bonds is 7. The molecule has 0 fully saturated rings. The van der Waals surface area contributed by atoms with E-state index in [1.807, 2.05) is 6.08 Å². The lowest BCUT2D eigenvalue weighted by Crippen LogP contribution is -2.33. The van der Waals surface area contributed by atoms with Gasteiger partial charge in [-0.2, -0.15) is 0 Å². The molecule has 0 heterocycles. The molecule has 0 aliphatic rings. The van der Waals surface area contributed by atoms with Gasteiger partial charge in [-0.15, -0.1) is 0 Å². The zero-order valence-corrected chi connectivity index (χ0v) is 9.49. The summed E-state index contributed by atoms with van der Waals surface area (Å²) < 4.78 is 0. The first-order chi connectivity index (χ1) is 6.61. The molecule has 0 rings (SSSR count). The molecule has 0 aromatic heterocycles. The molecule has 80 valence electrons. The number of hydrogen-bond donors (Lipinski definition) is 0. The molecule has 0 aromatic carbocycles. The number of ketones is 1. The maximum atomic E-state index is 10.8. The minimum absolute atomic E-state index is 0.253. The average molecular weight is 195 g/mol. The van der Waals surface area contributed by atoms with Gasteiger partial charge in [0.1, 0.15) is 5.78 Å². The molecule has 0 N–H and O–H groups in total. The highest BCUT2D eigenvalue weighted by molar-refractivity contribution is 5.75. The lowest BCUT2D eigenvalue weighted by Gasteiger charge is -2.24. The van der Waals surface area contributed by atoms with Gasteiger partial charge in [-0.1, -0.05) is 31.7 Å². The van der Waals surface area contributed by atoms with Gasteiger partial charge in [0.15, 0.2) is 0 Å². The Hall–Kier alpha value is -0.890. The van der Waals surface area contributed by atoms with E-state index in [4.69, 9.17) is 0 Å². The summed E-state index contributed by atoms with van der Waals surface area (Å²) in [6, 6.07) is 0.373. The van der Waals surface area contributed by atoms with Crippen LogP contribution in [0.5, 0.6) is 0 Å². The summed E-state index contributed by atoms with van der Waals surface area (Å²) >= 11 is 0. The molecule has 0 spiro atoms. The Labute approximate surface area is 87.3 Å². The van der Waals surface area contributed by atoms with E-state index < -0.39 is 0 Å². The van der Waals surface area contributed by atoms with Crippen molar-refractivity contribution in [1.82, 2.24) is 4.90 Å². The third-order valence-corrected chi connectivity index (χ3v) is 2.26. The van der Waals surface area contributed by atoms with Gasteiger partial charge in [-0.3, -0.25) is 9.69 Å². The largest absolute Gasteiger partial charge is 0.300 e. The molecule has 0 saturated heterocycles. The molecule has 2 nitrogen and oxygen atoms in total. The van der Waals surface area contributed by atoms with Crippen molar-refractivity contribution < 1.29 is 4.79 Å². The number of likely N-dealkylation sites (N-methyl/N-ethyl adjacent to an activating group) is 1. The molecular weight excluding hydrogens is 174 g/mol. The van der Waals surface area contributed by atoms with E-state index in [0.29, 0.717) is 12.5 Å². The Bertz CT molecular complexity index is 208. The van der Waals surface area contributed by atoms with E-state index in [0.717, 1.165) is 13.1 Å². The Morgan fingerprint density at radius 3 is 2.64 bits per heavy atom. The van der Waals surface area contributed by atoms with Crippen LogP contribution in [-0.4, -0.2) is 29.8 Å². The number of carbonyl (C=O) groups excluding carboxylic acids is 1. The maximum Gasteiger partial charge on any atom is 0.131 e. The second-order valence-electron chi connectivity index (χ2n) is 3.44. The van der Waals surface area contributed by atoms with Gasteiger partial charge < -0.3 is 0 Å². The number of nitrogens with zero attached hydrogens (tertiary/aromatic N) is 1. The second kappa shape index (κ2) is 7.51. The molecule has 0 bridgehead atoms. The van der Waals surface area contributed by atoms with Crippen LogP contribution in [0.1, 0.15) is 27.2 Å². The van der Waals surface area contributed by atoms with E-state index >= 15 is 0 Å². The second-order valence-corrected chi connectivity index (χ2v) is 3.44. The third kappa shape index (κ3) is 5.70. The molecule has 0 saturated carbocycles. The first kappa shape index (κ1) is 13.1. The van der Waals surface area contributed by atoms with E-state index in [2.05, 4.69) is 31.4 Å². The minimum atomic E-state index is 0.253. The Kier molecular flexibility index (Phi) is 7.03. The fraction of sp³-hybridized carbons (Fsp3) is 0.583. The first-order valence-corrected chi connectivity index (χ1v) is 5.14. The van der Waals surface area contributed by atoms with Gasteiger partial charge in [-0.25, -0.2) is 0 Å². The lowest BCUT2D eigenvalue weighted by molar-refractivity contribution is -0.117. The van der Waals surface area contributed by atoms with Crippen LogP contribution in [0.3, 0.4) is 0 Å². The summed E-state index contributed by atoms with van der Waals surface area (Å²) in [6.07, 6.45) is 6.45. The first-order valence-electron chi connectivity index (χ1n) is 5.14. The van der Waals surface area contributed by atoms with E-state index in [1.165, 1.54) is 0 Å². The quantitative estimate of drug-likeness (QED) is 0.581. The van der Waals surface area contributed by atoms with Crippen molar-refractivity contribution >= 4 is 5.78 Å². The summed E-state index contributed by atoms with van der Waals surface area (Å²) in [5, 5.41) is 0. The molecule has 14 heavy (non-hydrogen) atoms. The van der Waals surface area contributed by atoms with Gasteiger partial charge in [0, 0.05) is 19.0 Å². The van der Waals surface area contributed by atoms with E-state index in [-0.39, 0.29) is 5.78 Å². The fourth-order valence-corrected chi connectivity index (χ4v) is 1.31. The van der Waals surface area contributed by atoms with Crippen molar-refractivity contribution in [2.45, 2.75) is 33.2 Å². The van der Waals surface area contributed by atoms with Gasteiger partial charge in [0.05, 0.1) is 0 Å². The Balaban J connectivity index is 4.04. The van der Waals surface area contributed by atoms with Gasteiger partial charge >= 0.3 is 0 Å². The summed E-state index contributed by atoms with van der Waals surface area (Å²) in [6.45, 7) is 11.3. The van der Waals surface area contributed by atoms with Gasteiger partial charge in [-0.05, 0) is 20.4 Å². The van der Waals surface area contributed by atoms with E-state index in [9.17, 15) is 4.79 Å². The maximum absolute atomic E-state index is 10.8. The van der Waals surface area contributed by atoms with Gasteiger partial charge in [0.25, 0.3) is 0 Å². The summed E-state index contributed by atoms with van der Waals surface area (Å²) in [5.41, 5.74) is 0. The Morgan fingerprint density at radius 1 is 1.57 bits per heavy atom. The molecule has 0 aliphatic carbocycles.